The molecule has 0 aromatic carbocycles. The number of hydrogen-bond donors (Lipinski definition) is 2. The van der Waals surface area contributed by atoms with Crippen LogP contribution >= 0.6 is 0 Å². The van der Waals surface area contributed by atoms with E-state index in [-0.39, 0.29) is 5.54 Å². The molecule has 1 aromatic rings. The van der Waals surface area contributed by atoms with Crippen molar-refractivity contribution in [1.82, 2.24) is 15.2 Å². The molecule has 3 nitrogen and oxygen atoms in total. The predicted molar refractivity (Wildman–Crippen MR) is 58.2 cm³/mol. The van der Waals surface area contributed by atoms with Crippen LogP contribution in [0.5, 0.6) is 0 Å². The van der Waals surface area contributed by atoms with Crippen LogP contribution < -0.4 is 10.6 Å². The van der Waals surface area contributed by atoms with Gasteiger partial charge in [-0.2, -0.15) is 0 Å². The molecule has 1 aliphatic heterocycles. The average Bonchev–Trinajstić information content (AvgIpc) is 2.50. The molecule has 0 spiro atoms. The van der Waals surface area contributed by atoms with E-state index in [0.29, 0.717) is 6.04 Å². The molecule has 1 aromatic heterocycles. The Balaban J connectivity index is 2.12. The fourth-order valence-corrected chi connectivity index (χ4v) is 2.03. The standard InChI is InChI=1S/C11H19N3/c1-11(2)8-12-6-10(13-11)9-4-5-14(3)7-9/h4-5,7,10,12-13H,6,8H2,1-3H3. The molecule has 2 heterocycles. The van der Waals surface area contributed by atoms with Gasteiger partial charge in [0.25, 0.3) is 0 Å². The van der Waals surface area contributed by atoms with Crippen molar-refractivity contribution in [2.24, 2.45) is 7.05 Å². The minimum atomic E-state index is 0.193. The van der Waals surface area contributed by atoms with Gasteiger partial charge in [0.1, 0.15) is 0 Å². The highest BCUT2D eigenvalue weighted by atomic mass is 15.1. The molecule has 0 saturated carbocycles. The van der Waals surface area contributed by atoms with Crippen LogP contribution in [0.2, 0.25) is 0 Å². The zero-order valence-corrected chi connectivity index (χ0v) is 9.17. The molecule has 2 N–H and O–H groups in total. The Hall–Kier alpha value is -0.800. The Morgan fingerprint density at radius 2 is 2.29 bits per heavy atom. The van der Waals surface area contributed by atoms with Crippen molar-refractivity contribution in [3.63, 3.8) is 0 Å². The SMILES string of the molecule is Cn1ccc(C2CNCC(C)(C)N2)c1. The molecule has 0 aliphatic carbocycles. The summed E-state index contributed by atoms with van der Waals surface area (Å²) in [4.78, 5) is 0. The van der Waals surface area contributed by atoms with Gasteiger partial charge in [-0.3, -0.25) is 0 Å². The molecule has 1 unspecified atom stereocenters. The zero-order chi connectivity index (χ0) is 10.2. The summed E-state index contributed by atoms with van der Waals surface area (Å²) in [5.74, 6) is 0. The molecule has 14 heavy (non-hydrogen) atoms. The van der Waals surface area contributed by atoms with Crippen LogP contribution in [-0.4, -0.2) is 23.2 Å². The summed E-state index contributed by atoms with van der Waals surface area (Å²) in [5.41, 5.74) is 1.56. The largest absolute Gasteiger partial charge is 0.357 e. The van der Waals surface area contributed by atoms with Crippen molar-refractivity contribution < 1.29 is 0 Å². The molecule has 1 aliphatic rings. The van der Waals surface area contributed by atoms with Crippen LogP contribution in [0.1, 0.15) is 25.5 Å². The van der Waals surface area contributed by atoms with Crippen molar-refractivity contribution in [1.29, 1.82) is 0 Å². The third kappa shape index (κ3) is 1.99. The van der Waals surface area contributed by atoms with Gasteiger partial charge in [0.2, 0.25) is 0 Å². The van der Waals surface area contributed by atoms with Gasteiger partial charge < -0.3 is 15.2 Å². The van der Waals surface area contributed by atoms with E-state index in [2.05, 4.69) is 54.6 Å². The van der Waals surface area contributed by atoms with Crippen molar-refractivity contribution in [3.05, 3.63) is 24.0 Å². The number of nitrogens with one attached hydrogen (secondary N) is 2. The van der Waals surface area contributed by atoms with E-state index in [4.69, 9.17) is 0 Å². The second-order valence-corrected chi connectivity index (χ2v) is 4.82. The third-order valence-electron chi connectivity index (χ3n) is 2.74. The Bertz CT molecular complexity index is 314. The number of piperazine rings is 1. The van der Waals surface area contributed by atoms with E-state index in [0.717, 1.165) is 13.1 Å². The maximum atomic E-state index is 3.65. The third-order valence-corrected chi connectivity index (χ3v) is 2.74. The summed E-state index contributed by atoms with van der Waals surface area (Å²) in [7, 11) is 2.06. The Morgan fingerprint density at radius 1 is 1.50 bits per heavy atom. The average molecular weight is 193 g/mol. The maximum absolute atomic E-state index is 3.65. The van der Waals surface area contributed by atoms with Crippen LogP contribution in [-0.2, 0) is 7.05 Å². The van der Waals surface area contributed by atoms with Crippen molar-refractivity contribution in [3.8, 4) is 0 Å². The normalized spacial score (nSPS) is 26.4. The summed E-state index contributed by atoms with van der Waals surface area (Å²) in [6.07, 6.45) is 4.28. The summed E-state index contributed by atoms with van der Waals surface area (Å²) in [5, 5.41) is 7.11. The van der Waals surface area contributed by atoms with Gasteiger partial charge in [-0.05, 0) is 25.5 Å². The van der Waals surface area contributed by atoms with E-state index >= 15 is 0 Å². The highest BCUT2D eigenvalue weighted by Gasteiger charge is 2.27. The predicted octanol–water partition coefficient (Wildman–Crippen LogP) is 1.04. The second-order valence-electron chi connectivity index (χ2n) is 4.82. The zero-order valence-electron chi connectivity index (χ0n) is 9.17. The monoisotopic (exact) mass is 193 g/mol. The van der Waals surface area contributed by atoms with Gasteiger partial charge in [0, 0.05) is 44.1 Å². The minimum Gasteiger partial charge on any atom is -0.357 e. The quantitative estimate of drug-likeness (QED) is 0.697. The van der Waals surface area contributed by atoms with Gasteiger partial charge in [0.15, 0.2) is 0 Å². The molecule has 1 saturated heterocycles. The smallest absolute Gasteiger partial charge is 0.0466 e. The molecule has 0 radical (unpaired) electrons. The first-order valence-corrected chi connectivity index (χ1v) is 5.17. The lowest BCUT2D eigenvalue weighted by molar-refractivity contribution is 0.264. The first kappa shape index (κ1) is 9.74. The minimum absolute atomic E-state index is 0.193. The molecular weight excluding hydrogens is 174 g/mol. The lowest BCUT2D eigenvalue weighted by Gasteiger charge is -2.37. The van der Waals surface area contributed by atoms with Crippen LogP contribution in [0, 0.1) is 0 Å². The summed E-state index contributed by atoms with van der Waals surface area (Å²) in [6.45, 7) is 6.52. The fourth-order valence-electron chi connectivity index (χ4n) is 2.03. The highest BCUT2D eigenvalue weighted by Crippen LogP contribution is 2.19. The number of nitrogens with zero attached hydrogens (tertiary/aromatic N) is 1. The summed E-state index contributed by atoms with van der Waals surface area (Å²) >= 11 is 0. The molecule has 0 amide bonds. The maximum Gasteiger partial charge on any atom is 0.0466 e. The van der Waals surface area contributed by atoms with Gasteiger partial charge in [-0.15, -0.1) is 0 Å². The molecule has 78 valence electrons. The lowest BCUT2D eigenvalue weighted by Crippen LogP contribution is -2.56. The molecule has 0 bridgehead atoms. The highest BCUT2D eigenvalue weighted by molar-refractivity contribution is 5.17. The number of rotatable bonds is 1. The number of aryl methyl sites for hydroxylation is 1. The van der Waals surface area contributed by atoms with E-state index in [1.165, 1.54) is 5.56 Å². The van der Waals surface area contributed by atoms with Gasteiger partial charge in [-0.1, -0.05) is 0 Å². The Labute approximate surface area is 85.5 Å². The van der Waals surface area contributed by atoms with Gasteiger partial charge in [0.05, 0.1) is 0 Å². The second kappa shape index (κ2) is 3.41. The summed E-state index contributed by atoms with van der Waals surface area (Å²) in [6, 6.07) is 2.63. The van der Waals surface area contributed by atoms with Gasteiger partial charge in [-0.25, -0.2) is 0 Å². The van der Waals surface area contributed by atoms with Crippen molar-refractivity contribution in [2.45, 2.75) is 25.4 Å². The fraction of sp³-hybridized carbons (Fsp3) is 0.636. The van der Waals surface area contributed by atoms with Crippen LogP contribution in [0.25, 0.3) is 0 Å². The summed E-state index contributed by atoms with van der Waals surface area (Å²) < 4.78 is 2.10. The molecule has 2 rings (SSSR count). The Kier molecular flexibility index (Phi) is 2.37. The van der Waals surface area contributed by atoms with Crippen molar-refractivity contribution in [2.75, 3.05) is 13.1 Å². The molecule has 1 atom stereocenters. The van der Waals surface area contributed by atoms with Crippen LogP contribution in [0.3, 0.4) is 0 Å². The molecule has 1 fully saturated rings. The number of aromatic nitrogens is 1. The topological polar surface area (TPSA) is 29.0 Å². The first-order valence-electron chi connectivity index (χ1n) is 5.17. The van der Waals surface area contributed by atoms with Crippen LogP contribution in [0.4, 0.5) is 0 Å². The van der Waals surface area contributed by atoms with E-state index in [9.17, 15) is 0 Å². The van der Waals surface area contributed by atoms with Crippen molar-refractivity contribution >= 4 is 0 Å². The molecule has 3 heteroatoms. The van der Waals surface area contributed by atoms with E-state index < -0.39 is 0 Å². The van der Waals surface area contributed by atoms with E-state index in [1.807, 2.05) is 0 Å². The number of hydrogen-bond acceptors (Lipinski definition) is 2. The van der Waals surface area contributed by atoms with Crippen LogP contribution in [0.15, 0.2) is 18.5 Å². The molecular formula is C11H19N3. The first-order chi connectivity index (χ1) is 6.57. The van der Waals surface area contributed by atoms with E-state index in [1.54, 1.807) is 0 Å². The Morgan fingerprint density at radius 3 is 2.86 bits per heavy atom. The lowest BCUT2D eigenvalue weighted by atomic mass is 9.98. The van der Waals surface area contributed by atoms with Gasteiger partial charge >= 0.3 is 0 Å².